The van der Waals surface area contributed by atoms with E-state index >= 15 is 0 Å². The van der Waals surface area contributed by atoms with Crippen molar-refractivity contribution in [3.63, 3.8) is 0 Å². The van der Waals surface area contributed by atoms with Crippen LogP contribution in [-0.2, 0) is 0 Å². The second kappa shape index (κ2) is 11.1. The van der Waals surface area contributed by atoms with Crippen molar-refractivity contribution in [1.82, 2.24) is 5.32 Å². The van der Waals surface area contributed by atoms with Gasteiger partial charge < -0.3 is 26.4 Å². The maximum Gasteiger partial charge on any atom is 0.319 e. The smallest absolute Gasteiger partial charge is 0.319 e. The number of anilines is 2. The summed E-state index contributed by atoms with van der Waals surface area (Å²) >= 11 is 0. The molecule has 0 bridgehead atoms. The number of hydrogen-bond acceptors (Lipinski definition) is 4. The van der Waals surface area contributed by atoms with Crippen molar-refractivity contribution in [3.8, 4) is 5.75 Å². The minimum Gasteiger partial charge on any atom is -0.492 e. The van der Waals surface area contributed by atoms with Gasteiger partial charge in [0.15, 0.2) is 0 Å². The lowest BCUT2D eigenvalue weighted by Gasteiger charge is -2.14. The Labute approximate surface area is 165 Å². The topological polar surface area (TPSA) is 105 Å². The van der Waals surface area contributed by atoms with Crippen LogP contribution in [0.25, 0.3) is 0 Å². The van der Waals surface area contributed by atoms with Crippen LogP contribution in [0.3, 0.4) is 0 Å². The maximum atomic E-state index is 12.6. The molecule has 0 atom stereocenters. The van der Waals surface area contributed by atoms with Crippen molar-refractivity contribution in [3.05, 3.63) is 54.1 Å². The zero-order valence-corrected chi connectivity index (χ0v) is 16.1. The Hall–Kier alpha value is -2.77. The van der Waals surface area contributed by atoms with E-state index in [1.807, 2.05) is 13.8 Å². The molecule has 8 heteroatoms. The number of benzene rings is 2. The first-order valence-corrected chi connectivity index (χ1v) is 8.40. The van der Waals surface area contributed by atoms with Crippen LogP contribution in [0, 0.1) is 0 Å². The van der Waals surface area contributed by atoms with Gasteiger partial charge in [-0.05, 0) is 50.2 Å². The molecule has 0 aliphatic carbocycles. The lowest BCUT2D eigenvalue weighted by Crippen LogP contribution is -2.34. The van der Waals surface area contributed by atoms with Crippen LogP contribution in [0.15, 0.2) is 48.5 Å². The van der Waals surface area contributed by atoms with Gasteiger partial charge >= 0.3 is 6.03 Å². The van der Waals surface area contributed by atoms with E-state index in [-0.39, 0.29) is 30.4 Å². The largest absolute Gasteiger partial charge is 0.492 e. The fourth-order valence-corrected chi connectivity index (χ4v) is 2.22. The van der Waals surface area contributed by atoms with Crippen molar-refractivity contribution >= 4 is 35.7 Å². The van der Waals surface area contributed by atoms with Gasteiger partial charge in [-0.25, -0.2) is 4.79 Å². The highest BCUT2D eigenvalue weighted by Gasteiger charge is 2.13. The molecule has 2 aromatic carbocycles. The molecule has 0 radical (unpaired) electrons. The zero-order valence-electron chi connectivity index (χ0n) is 15.3. The first-order chi connectivity index (χ1) is 12.5. The molecule has 0 spiro atoms. The molecule has 146 valence electrons. The number of carbonyl (C=O) groups excluding carboxylic acids is 2. The summed E-state index contributed by atoms with van der Waals surface area (Å²) in [5.41, 5.74) is 6.82. The second-order valence-electron chi connectivity index (χ2n) is 5.91. The lowest BCUT2D eigenvalue weighted by molar-refractivity contribution is 0.102. The van der Waals surface area contributed by atoms with Crippen LogP contribution in [0.5, 0.6) is 5.75 Å². The number of urea groups is 1. The molecule has 0 fully saturated rings. The van der Waals surface area contributed by atoms with Gasteiger partial charge in [0.05, 0.1) is 11.3 Å². The van der Waals surface area contributed by atoms with Crippen molar-refractivity contribution in [2.24, 2.45) is 5.73 Å². The summed E-state index contributed by atoms with van der Waals surface area (Å²) in [6.07, 6.45) is 0. The summed E-state index contributed by atoms with van der Waals surface area (Å²) in [4.78, 5) is 24.5. The standard InChI is InChI=1S/C19H24N4O3.ClH/c1-13(2)21-19(25)23-17-6-4-3-5-16(17)18(24)22-14-7-9-15(10-8-14)26-12-11-20;/h3-10,13H,11-12,20H2,1-2H3,(H,22,24)(H2,21,23,25);1H. The van der Waals surface area contributed by atoms with E-state index in [0.717, 1.165) is 0 Å². The maximum absolute atomic E-state index is 12.6. The molecule has 0 heterocycles. The van der Waals surface area contributed by atoms with Crippen LogP contribution < -0.4 is 26.4 Å². The molecule has 0 aliphatic heterocycles. The first-order valence-electron chi connectivity index (χ1n) is 8.40. The molecule has 3 amide bonds. The van der Waals surface area contributed by atoms with Crippen LogP contribution in [-0.4, -0.2) is 31.1 Å². The van der Waals surface area contributed by atoms with Gasteiger partial charge in [-0.3, -0.25) is 4.79 Å². The van der Waals surface area contributed by atoms with Gasteiger partial charge in [0.2, 0.25) is 0 Å². The molecule has 27 heavy (non-hydrogen) atoms. The highest BCUT2D eigenvalue weighted by atomic mass is 35.5. The van der Waals surface area contributed by atoms with Gasteiger partial charge in [-0.1, -0.05) is 12.1 Å². The third-order valence-electron chi connectivity index (χ3n) is 3.34. The van der Waals surface area contributed by atoms with Crippen LogP contribution in [0.2, 0.25) is 0 Å². The average molecular weight is 393 g/mol. The van der Waals surface area contributed by atoms with Gasteiger partial charge in [-0.15, -0.1) is 12.4 Å². The predicted octanol–water partition coefficient (Wildman–Crippen LogP) is 3.23. The zero-order chi connectivity index (χ0) is 18.9. The molecule has 0 aliphatic rings. The van der Waals surface area contributed by atoms with E-state index in [9.17, 15) is 9.59 Å². The number of amides is 3. The Kier molecular flexibility index (Phi) is 9.12. The summed E-state index contributed by atoms with van der Waals surface area (Å²) in [6.45, 7) is 4.59. The number of ether oxygens (including phenoxy) is 1. The van der Waals surface area contributed by atoms with E-state index in [0.29, 0.717) is 35.8 Å². The number of hydrogen-bond donors (Lipinski definition) is 4. The molecular formula is C19H25ClN4O3. The second-order valence-corrected chi connectivity index (χ2v) is 5.91. The van der Waals surface area contributed by atoms with E-state index < -0.39 is 0 Å². The van der Waals surface area contributed by atoms with Gasteiger partial charge in [-0.2, -0.15) is 0 Å². The summed E-state index contributed by atoms with van der Waals surface area (Å²) in [5, 5.41) is 8.23. The number of nitrogens with two attached hydrogens (primary N) is 1. The fraction of sp³-hybridized carbons (Fsp3) is 0.263. The quantitative estimate of drug-likeness (QED) is 0.580. The Morgan fingerprint density at radius 2 is 1.70 bits per heavy atom. The number of carbonyl (C=O) groups is 2. The van der Waals surface area contributed by atoms with E-state index in [2.05, 4.69) is 16.0 Å². The number of para-hydroxylation sites is 1. The molecule has 7 nitrogen and oxygen atoms in total. The molecule has 0 unspecified atom stereocenters. The Balaban J connectivity index is 0.00000364. The molecule has 2 aromatic rings. The van der Waals surface area contributed by atoms with Gasteiger partial charge in [0, 0.05) is 18.3 Å². The van der Waals surface area contributed by atoms with Crippen LogP contribution in [0.1, 0.15) is 24.2 Å². The monoisotopic (exact) mass is 392 g/mol. The number of rotatable bonds is 7. The predicted molar refractivity (Wildman–Crippen MR) is 110 cm³/mol. The lowest BCUT2D eigenvalue weighted by atomic mass is 10.1. The SMILES string of the molecule is CC(C)NC(=O)Nc1ccccc1C(=O)Nc1ccc(OCCN)cc1.Cl. The molecule has 0 saturated heterocycles. The molecule has 2 rings (SSSR count). The Bertz CT molecular complexity index is 751. The summed E-state index contributed by atoms with van der Waals surface area (Å²) in [5.74, 6) is 0.363. The summed E-state index contributed by atoms with van der Waals surface area (Å²) < 4.78 is 5.40. The number of nitrogens with one attached hydrogen (secondary N) is 3. The van der Waals surface area contributed by atoms with Gasteiger partial charge in [0.1, 0.15) is 12.4 Å². The third kappa shape index (κ3) is 7.16. The van der Waals surface area contributed by atoms with Crippen molar-refractivity contribution < 1.29 is 14.3 Å². The molecular weight excluding hydrogens is 368 g/mol. The van der Waals surface area contributed by atoms with Gasteiger partial charge in [0.25, 0.3) is 5.91 Å². The minimum atomic E-state index is -0.360. The highest BCUT2D eigenvalue weighted by molar-refractivity contribution is 6.10. The van der Waals surface area contributed by atoms with Crippen LogP contribution in [0.4, 0.5) is 16.2 Å². The summed E-state index contributed by atoms with van der Waals surface area (Å²) in [7, 11) is 0. The van der Waals surface area contributed by atoms with E-state index in [1.54, 1.807) is 48.5 Å². The minimum absolute atomic E-state index is 0. The Morgan fingerprint density at radius 1 is 1.04 bits per heavy atom. The third-order valence-corrected chi connectivity index (χ3v) is 3.34. The van der Waals surface area contributed by atoms with Crippen LogP contribution >= 0.6 is 12.4 Å². The van der Waals surface area contributed by atoms with E-state index in [4.69, 9.17) is 10.5 Å². The van der Waals surface area contributed by atoms with E-state index in [1.165, 1.54) is 0 Å². The summed E-state index contributed by atoms with van der Waals surface area (Å²) in [6, 6.07) is 13.5. The molecule has 5 N–H and O–H groups in total. The average Bonchev–Trinajstić information content (AvgIpc) is 2.60. The van der Waals surface area contributed by atoms with Crippen molar-refractivity contribution in [2.75, 3.05) is 23.8 Å². The van der Waals surface area contributed by atoms with Crippen molar-refractivity contribution in [1.29, 1.82) is 0 Å². The molecule has 0 saturated carbocycles. The first kappa shape index (κ1) is 22.3. The van der Waals surface area contributed by atoms with Crippen molar-refractivity contribution in [2.45, 2.75) is 19.9 Å². The Morgan fingerprint density at radius 3 is 2.33 bits per heavy atom. The highest BCUT2D eigenvalue weighted by Crippen LogP contribution is 2.19. The fourth-order valence-electron chi connectivity index (χ4n) is 2.22. The molecule has 0 aromatic heterocycles. The normalized spacial score (nSPS) is 9.93. The number of halogens is 1.